The molecule has 18 heavy (non-hydrogen) atoms. The molecule has 3 N–H and O–H groups in total. The van der Waals surface area contributed by atoms with Gasteiger partial charge in [0.1, 0.15) is 17.0 Å². The molecule has 0 bridgehead atoms. The smallest absolute Gasteiger partial charge is 0.338 e. The molecule has 0 spiro atoms. The van der Waals surface area contributed by atoms with Crippen molar-refractivity contribution in [2.75, 3.05) is 0 Å². The van der Waals surface area contributed by atoms with Gasteiger partial charge in [0, 0.05) is 6.20 Å². The van der Waals surface area contributed by atoms with E-state index in [1.165, 1.54) is 6.07 Å². The summed E-state index contributed by atoms with van der Waals surface area (Å²) in [5.74, 6) is -1.43. The third-order valence-corrected chi connectivity index (χ3v) is 2.54. The fourth-order valence-electron chi connectivity index (χ4n) is 1.76. The number of carbonyl (C=O) groups is 1. The summed E-state index contributed by atoms with van der Waals surface area (Å²) in [6.45, 7) is 0. The average molecular weight is 246 g/mol. The monoisotopic (exact) mass is 246 g/mol. The molecule has 2 aromatic heterocycles. The van der Waals surface area contributed by atoms with Crippen LogP contribution in [-0.2, 0) is 0 Å². The van der Waals surface area contributed by atoms with Crippen molar-refractivity contribution in [3.8, 4) is 11.5 Å². The van der Waals surface area contributed by atoms with Gasteiger partial charge in [0.2, 0.25) is 0 Å². The Morgan fingerprint density at radius 3 is 2.89 bits per heavy atom. The fourth-order valence-corrected chi connectivity index (χ4v) is 1.76. The van der Waals surface area contributed by atoms with Gasteiger partial charge in [-0.25, -0.2) is 14.2 Å². The first-order chi connectivity index (χ1) is 8.65. The second-order valence-electron chi connectivity index (χ2n) is 3.71. The Labute approximate surface area is 99.5 Å². The van der Waals surface area contributed by atoms with E-state index in [-0.39, 0.29) is 11.1 Å². The molecule has 3 aromatic rings. The lowest BCUT2D eigenvalue weighted by molar-refractivity contribution is 0.0698. The van der Waals surface area contributed by atoms with Crippen molar-refractivity contribution in [3.05, 3.63) is 35.8 Å². The van der Waals surface area contributed by atoms with Crippen molar-refractivity contribution < 1.29 is 14.3 Å². The van der Waals surface area contributed by atoms with Crippen LogP contribution in [0.3, 0.4) is 0 Å². The Bertz CT molecular complexity index is 733. The Morgan fingerprint density at radius 1 is 1.39 bits per heavy atom. The quantitative estimate of drug-likeness (QED) is 0.642. The van der Waals surface area contributed by atoms with Crippen LogP contribution in [0.5, 0.6) is 0 Å². The molecule has 3 rings (SSSR count). The Balaban J connectivity index is 2.29. The van der Waals surface area contributed by atoms with E-state index < -0.39 is 11.8 Å². The van der Waals surface area contributed by atoms with E-state index in [0.717, 1.165) is 6.07 Å². The molecule has 6 nitrogen and oxygen atoms in total. The highest BCUT2D eigenvalue weighted by atomic mass is 19.1. The summed E-state index contributed by atoms with van der Waals surface area (Å²) in [6, 6.07) is 3.82. The Morgan fingerprint density at radius 2 is 2.22 bits per heavy atom. The molecule has 0 saturated carbocycles. The van der Waals surface area contributed by atoms with Crippen LogP contribution in [0.2, 0.25) is 0 Å². The predicted octanol–water partition coefficient (Wildman–Crippen LogP) is 1.79. The van der Waals surface area contributed by atoms with Crippen LogP contribution in [-0.4, -0.2) is 31.2 Å². The van der Waals surface area contributed by atoms with Crippen molar-refractivity contribution in [2.45, 2.75) is 0 Å². The molecule has 1 aromatic carbocycles. The van der Waals surface area contributed by atoms with Gasteiger partial charge in [-0.15, -0.1) is 0 Å². The summed E-state index contributed by atoms with van der Waals surface area (Å²) in [5.41, 5.74) is 0.973. The van der Waals surface area contributed by atoms with Gasteiger partial charge < -0.3 is 10.1 Å². The number of aromatic nitrogens is 4. The molecular weight excluding hydrogens is 239 g/mol. The van der Waals surface area contributed by atoms with E-state index in [4.69, 9.17) is 5.11 Å². The maximum atomic E-state index is 13.3. The second kappa shape index (κ2) is 3.66. The highest BCUT2D eigenvalue weighted by Gasteiger charge is 2.15. The summed E-state index contributed by atoms with van der Waals surface area (Å²) in [7, 11) is 0. The normalized spacial score (nSPS) is 10.9. The van der Waals surface area contributed by atoms with Crippen LogP contribution >= 0.6 is 0 Å². The standard InChI is InChI=1S/C11H7FN4O2/c12-5-3-6(11(17)18)9-8(4-5)14-10(15-9)7-1-2-13-16-7/h1-4H,(H,13,16)(H,14,15)(H,17,18). The number of carboxylic acid groups (broad SMARTS) is 1. The highest BCUT2D eigenvalue weighted by Crippen LogP contribution is 2.22. The fraction of sp³-hybridized carbons (Fsp3) is 0. The summed E-state index contributed by atoms with van der Waals surface area (Å²) >= 11 is 0. The number of hydrogen-bond donors (Lipinski definition) is 3. The maximum Gasteiger partial charge on any atom is 0.338 e. The molecule has 0 saturated heterocycles. The summed E-state index contributed by atoms with van der Waals surface area (Å²) in [4.78, 5) is 18.0. The lowest BCUT2D eigenvalue weighted by Crippen LogP contribution is -1.98. The molecule has 0 radical (unpaired) electrons. The highest BCUT2D eigenvalue weighted by molar-refractivity contribution is 6.01. The second-order valence-corrected chi connectivity index (χ2v) is 3.71. The van der Waals surface area contributed by atoms with Crippen LogP contribution in [0.1, 0.15) is 10.4 Å². The third kappa shape index (κ3) is 1.53. The van der Waals surface area contributed by atoms with Crippen molar-refractivity contribution in [2.24, 2.45) is 0 Å². The molecule has 0 unspecified atom stereocenters. The van der Waals surface area contributed by atoms with Crippen molar-refractivity contribution >= 4 is 17.0 Å². The topological polar surface area (TPSA) is 94.7 Å². The van der Waals surface area contributed by atoms with E-state index in [1.54, 1.807) is 12.3 Å². The number of carboxylic acids is 1. The van der Waals surface area contributed by atoms with Crippen molar-refractivity contribution in [1.29, 1.82) is 0 Å². The number of H-pyrrole nitrogens is 2. The molecule has 2 heterocycles. The minimum Gasteiger partial charge on any atom is -0.478 e. The number of imidazole rings is 1. The van der Waals surface area contributed by atoms with Gasteiger partial charge >= 0.3 is 5.97 Å². The van der Waals surface area contributed by atoms with Crippen LogP contribution in [0.25, 0.3) is 22.6 Å². The number of aromatic carboxylic acids is 1. The molecule has 0 aliphatic heterocycles. The first kappa shape index (κ1) is 10.5. The van der Waals surface area contributed by atoms with Crippen LogP contribution < -0.4 is 0 Å². The maximum absolute atomic E-state index is 13.3. The molecule has 0 aliphatic carbocycles. The van der Waals surface area contributed by atoms with Crippen LogP contribution in [0.4, 0.5) is 4.39 Å². The van der Waals surface area contributed by atoms with E-state index in [2.05, 4.69) is 20.2 Å². The summed E-state index contributed by atoms with van der Waals surface area (Å²) < 4.78 is 13.3. The van der Waals surface area contributed by atoms with Gasteiger partial charge in [0.15, 0.2) is 5.82 Å². The minimum absolute atomic E-state index is 0.174. The lowest BCUT2D eigenvalue weighted by atomic mass is 10.2. The SMILES string of the molecule is O=C(O)c1cc(F)cc2[nH]c(-c3ccn[nH]3)nc12. The van der Waals surface area contributed by atoms with Gasteiger partial charge in [-0.05, 0) is 18.2 Å². The van der Waals surface area contributed by atoms with E-state index >= 15 is 0 Å². The predicted molar refractivity (Wildman–Crippen MR) is 60.6 cm³/mol. The van der Waals surface area contributed by atoms with Gasteiger partial charge in [0.25, 0.3) is 0 Å². The van der Waals surface area contributed by atoms with E-state index in [1.807, 2.05) is 0 Å². The number of halogens is 1. The van der Waals surface area contributed by atoms with E-state index in [9.17, 15) is 9.18 Å². The van der Waals surface area contributed by atoms with Gasteiger partial charge in [-0.3, -0.25) is 5.10 Å². The van der Waals surface area contributed by atoms with Crippen LogP contribution in [0.15, 0.2) is 24.4 Å². The van der Waals surface area contributed by atoms with Gasteiger partial charge in [-0.2, -0.15) is 5.10 Å². The van der Waals surface area contributed by atoms with Gasteiger partial charge in [0.05, 0.1) is 11.1 Å². The molecule has 90 valence electrons. The summed E-state index contributed by atoms with van der Waals surface area (Å²) in [6.07, 6.45) is 1.54. The Hall–Kier alpha value is -2.70. The molecule has 0 amide bonds. The van der Waals surface area contributed by atoms with Gasteiger partial charge in [-0.1, -0.05) is 0 Å². The van der Waals surface area contributed by atoms with Crippen molar-refractivity contribution in [3.63, 3.8) is 0 Å². The number of hydrogen-bond acceptors (Lipinski definition) is 3. The zero-order valence-electron chi connectivity index (χ0n) is 8.94. The number of fused-ring (bicyclic) bond motifs is 1. The van der Waals surface area contributed by atoms with Crippen molar-refractivity contribution in [1.82, 2.24) is 20.2 Å². The molecule has 0 fully saturated rings. The molecule has 0 aliphatic rings. The number of rotatable bonds is 2. The number of aromatic amines is 2. The molecule has 0 atom stereocenters. The summed E-state index contributed by atoms with van der Waals surface area (Å²) in [5, 5.41) is 15.5. The third-order valence-electron chi connectivity index (χ3n) is 2.54. The minimum atomic E-state index is -1.22. The first-order valence-electron chi connectivity index (χ1n) is 5.07. The zero-order valence-corrected chi connectivity index (χ0v) is 8.94. The number of benzene rings is 1. The number of nitrogens with zero attached hydrogens (tertiary/aromatic N) is 2. The zero-order chi connectivity index (χ0) is 12.7. The first-order valence-corrected chi connectivity index (χ1v) is 5.07. The van der Waals surface area contributed by atoms with E-state index in [0.29, 0.717) is 17.0 Å². The average Bonchev–Trinajstić information content (AvgIpc) is 2.95. The molecular formula is C11H7FN4O2. The Kier molecular flexibility index (Phi) is 2.12. The number of nitrogens with one attached hydrogen (secondary N) is 2. The van der Waals surface area contributed by atoms with Crippen LogP contribution in [0, 0.1) is 5.82 Å². The largest absolute Gasteiger partial charge is 0.478 e. The lowest BCUT2D eigenvalue weighted by Gasteiger charge is -1.95. The molecule has 7 heteroatoms.